The lowest BCUT2D eigenvalue weighted by atomic mass is 9.86. The molecule has 6 heteroatoms. The SMILES string of the molecule is CC(C)(C)c1ccc2c3ccc(-c4cccc5c4nc(-c4cccc6c4[nH]c4cc7c(cc46)oc4ccccc47)n5-c4ccccc4)cc3n(-c3ccccn3)c2c1. The minimum atomic E-state index is 0.00750. The molecule has 7 aromatic carbocycles. The van der Waals surface area contributed by atoms with Crippen molar-refractivity contribution in [3.05, 3.63) is 169 Å². The molecule has 6 nitrogen and oxygen atoms in total. The minimum absolute atomic E-state index is 0.00750. The van der Waals surface area contributed by atoms with Gasteiger partial charge in [-0.15, -0.1) is 0 Å². The van der Waals surface area contributed by atoms with Gasteiger partial charge in [0.15, 0.2) is 0 Å². The minimum Gasteiger partial charge on any atom is -0.456 e. The number of fused-ring (bicyclic) bond motifs is 10. The molecule has 0 saturated carbocycles. The quantitative estimate of drug-likeness (QED) is 0.195. The molecule has 0 amide bonds. The zero-order valence-electron chi connectivity index (χ0n) is 32.3. The van der Waals surface area contributed by atoms with Gasteiger partial charge in [-0.3, -0.25) is 9.13 Å². The smallest absolute Gasteiger partial charge is 0.147 e. The summed E-state index contributed by atoms with van der Waals surface area (Å²) in [6, 6.07) is 56.1. The molecule has 5 heterocycles. The van der Waals surface area contributed by atoms with Gasteiger partial charge in [-0.25, -0.2) is 9.97 Å². The number of furan rings is 1. The van der Waals surface area contributed by atoms with Gasteiger partial charge in [-0.1, -0.05) is 112 Å². The van der Waals surface area contributed by atoms with Crippen LogP contribution in [0.3, 0.4) is 0 Å². The standard InChI is InChI=1S/C52H37N5O/c1-52(2,3)32-23-25-36-35-24-22-31(27-44(35)57(45(36)28-32)48-21-9-10-26-53-48)34-16-12-19-43-50(34)55-51(56(43)33-13-5-4-6-14-33)39-18-11-17-38-40-30-47-41(29-42(40)54-49(38)39)37-15-7-8-20-46(37)58-47/h4-30,54H,1-3H3. The molecule has 12 rings (SSSR count). The Morgan fingerprint density at radius 2 is 1.29 bits per heavy atom. The fraction of sp³-hybridized carbons (Fsp3) is 0.0769. The molecule has 0 bridgehead atoms. The highest BCUT2D eigenvalue weighted by Crippen LogP contribution is 2.42. The van der Waals surface area contributed by atoms with Crippen LogP contribution in [0.2, 0.25) is 0 Å². The Kier molecular flexibility index (Phi) is 6.80. The summed E-state index contributed by atoms with van der Waals surface area (Å²) in [5.41, 5.74) is 13.7. The zero-order valence-corrected chi connectivity index (χ0v) is 32.3. The number of nitrogens with zero attached hydrogens (tertiary/aromatic N) is 4. The van der Waals surface area contributed by atoms with Crippen LogP contribution in [0.25, 0.3) is 111 Å². The number of rotatable bonds is 4. The molecule has 0 radical (unpaired) electrons. The van der Waals surface area contributed by atoms with E-state index >= 15 is 0 Å². The van der Waals surface area contributed by atoms with Crippen molar-refractivity contribution >= 4 is 76.6 Å². The zero-order chi connectivity index (χ0) is 38.7. The van der Waals surface area contributed by atoms with Crippen LogP contribution in [0.1, 0.15) is 26.3 Å². The monoisotopic (exact) mass is 747 g/mol. The average molecular weight is 748 g/mol. The van der Waals surface area contributed by atoms with E-state index in [1.54, 1.807) is 0 Å². The number of aromatic amines is 1. The van der Waals surface area contributed by atoms with E-state index in [0.29, 0.717) is 0 Å². The molecule has 0 aliphatic heterocycles. The molecule has 0 aliphatic carbocycles. The van der Waals surface area contributed by atoms with Crippen molar-refractivity contribution < 1.29 is 4.42 Å². The van der Waals surface area contributed by atoms with Crippen LogP contribution in [0.4, 0.5) is 0 Å². The maximum atomic E-state index is 6.33. The van der Waals surface area contributed by atoms with Crippen LogP contribution in [-0.2, 0) is 5.41 Å². The second-order valence-corrected chi connectivity index (χ2v) is 16.4. The Labute approximate surface area is 333 Å². The first kappa shape index (κ1) is 32.8. The molecule has 1 N–H and O–H groups in total. The first-order chi connectivity index (χ1) is 28.4. The molecule has 5 aromatic heterocycles. The molecule has 0 atom stereocenters. The van der Waals surface area contributed by atoms with Crippen LogP contribution in [0, 0.1) is 0 Å². The van der Waals surface area contributed by atoms with E-state index < -0.39 is 0 Å². The highest BCUT2D eigenvalue weighted by Gasteiger charge is 2.23. The van der Waals surface area contributed by atoms with Crippen LogP contribution in [0.15, 0.2) is 168 Å². The van der Waals surface area contributed by atoms with Gasteiger partial charge in [0.1, 0.15) is 22.8 Å². The van der Waals surface area contributed by atoms with Crippen molar-refractivity contribution in [1.82, 2.24) is 24.1 Å². The predicted octanol–water partition coefficient (Wildman–Crippen LogP) is 13.7. The third-order valence-electron chi connectivity index (χ3n) is 11.9. The lowest BCUT2D eigenvalue weighted by Gasteiger charge is -2.19. The van der Waals surface area contributed by atoms with E-state index in [1.165, 1.54) is 16.3 Å². The van der Waals surface area contributed by atoms with Gasteiger partial charge < -0.3 is 9.40 Å². The molecule has 0 saturated heterocycles. The average Bonchev–Trinajstić information content (AvgIpc) is 4.01. The van der Waals surface area contributed by atoms with Gasteiger partial charge in [-0.05, 0) is 83.3 Å². The van der Waals surface area contributed by atoms with Gasteiger partial charge in [0.05, 0.1) is 27.6 Å². The lowest BCUT2D eigenvalue weighted by molar-refractivity contribution is 0.591. The second kappa shape index (κ2) is 12.0. The summed E-state index contributed by atoms with van der Waals surface area (Å²) in [5.74, 6) is 1.77. The van der Waals surface area contributed by atoms with Crippen LogP contribution >= 0.6 is 0 Å². The van der Waals surface area contributed by atoms with Crippen LogP contribution in [-0.4, -0.2) is 24.1 Å². The van der Waals surface area contributed by atoms with Crippen molar-refractivity contribution in [3.63, 3.8) is 0 Å². The fourth-order valence-corrected chi connectivity index (χ4v) is 9.07. The summed E-state index contributed by atoms with van der Waals surface area (Å²) in [7, 11) is 0. The summed E-state index contributed by atoms with van der Waals surface area (Å²) in [5, 5.41) is 6.87. The van der Waals surface area contributed by atoms with Gasteiger partial charge in [0.2, 0.25) is 0 Å². The van der Waals surface area contributed by atoms with Crippen molar-refractivity contribution in [2.24, 2.45) is 0 Å². The summed E-state index contributed by atoms with van der Waals surface area (Å²) < 4.78 is 10.9. The first-order valence-corrected chi connectivity index (χ1v) is 19.8. The Balaban J connectivity index is 1.10. The molecule has 276 valence electrons. The summed E-state index contributed by atoms with van der Waals surface area (Å²) in [4.78, 5) is 14.3. The summed E-state index contributed by atoms with van der Waals surface area (Å²) >= 11 is 0. The number of hydrogen-bond donors (Lipinski definition) is 1. The Hall–Kier alpha value is -7.44. The number of para-hydroxylation sites is 4. The number of H-pyrrole nitrogens is 1. The molecule has 0 aliphatic rings. The lowest BCUT2D eigenvalue weighted by Crippen LogP contribution is -2.10. The highest BCUT2D eigenvalue weighted by molar-refractivity contribution is 6.18. The molecule has 58 heavy (non-hydrogen) atoms. The maximum absolute atomic E-state index is 6.33. The topological polar surface area (TPSA) is 64.6 Å². The van der Waals surface area contributed by atoms with Crippen LogP contribution in [0.5, 0.6) is 0 Å². The molecule has 12 aromatic rings. The third kappa shape index (κ3) is 4.78. The van der Waals surface area contributed by atoms with Gasteiger partial charge in [0.25, 0.3) is 0 Å². The van der Waals surface area contributed by atoms with E-state index in [4.69, 9.17) is 14.4 Å². The molecule has 0 fully saturated rings. The number of hydrogen-bond acceptors (Lipinski definition) is 3. The number of imidazole rings is 1. The molecule has 0 unspecified atom stereocenters. The normalized spacial score (nSPS) is 12.4. The fourth-order valence-electron chi connectivity index (χ4n) is 9.07. The van der Waals surface area contributed by atoms with Crippen molar-refractivity contribution in [1.29, 1.82) is 0 Å². The predicted molar refractivity (Wildman–Crippen MR) is 239 cm³/mol. The molecular formula is C52H37N5O. The van der Waals surface area contributed by atoms with E-state index in [0.717, 1.165) is 99.8 Å². The molecule has 0 spiro atoms. The van der Waals surface area contributed by atoms with Gasteiger partial charge >= 0.3 is 0 Å². The van der Waals surface area contributed by atoms with E-state index in [1.807, 2.05) is 24.4 Å². The van der Waals surface area contributed by atoms with Crippen molar-refractivity contribution in [3.8, 4) is 34.0 Å². The Bertz CT molecular complexity index is 3600. The largest absolute Gasteiger partial charge is 0.456 e. The van der Waals surface area contributed by atoms with Gasteiger partial charge in [0, 0.05) is 60.8 Å². The Morgan fingerprint density at radius 1 is 0.534 bits per heavy atom. The van der Waals surface area contributed by atoms with Crippen molar-refractivity contribution in [2.45, 2.75) is 26.2 Å². The van der Waals surface area contributed by atoms with E-state index in [2.05, 4.69) is 174 Å². The number of pyridine rings is 1. The van der Waals surface area contributed by atoms with Crippen molar-refractivity contribution in [2.75, 3.05) is 0 Å². The maximum Gasteiger partial charge on any atom is 0.147 e. The summed E-state index contributed by atoms with van der Waals surface area (Å²) in [6.07, 6.45) is 1.87. The second-order valence-electron chi connectivity index (χ2n) is 16.4. The number of nitrogens with one attached hydrogen (secondary N) is 1. The number of aromatic nitrogens is 5. The van der Waals surface area contributed by atoms with Crippen LogP contribution < -0.4 is 0 Å². The Morgan fingerprint density at radius 3 is 2.14 bits per heavy atom. The molecular weight excluding hydrogens is 711 g/mol. The third-order valence-corrected chi connectivity index (χ3v) is 11.9. The van der Waals surface area contributed by atoms with E-state index in [-0.39, 0.29) is 5.41 Å². The first-order valence-electron chi connectivity index (χ1n) is 19.8. The van der Waals surface area contributed by atoms with Gasteiger partial charge in [-0.2, -0.15) is 0 Å². The number of benzene rings is 7. The summed E-state index contributed by atoms with van der Waals surface area (Å²) in [6.45, 7) is 6.80. The van der Waals surface area contributed by atoms with E-state index in [9.17, 15) is 0 Å². The highest BCUT2D eigenvalue weighted by atomic mass is 16.3.